The SMILES string of the molecule is CCOC(=O)[C@H](C)N1CC[C@@]2(CCC1=O)NC(=O)c1ccc(C)cc1N2. The van der Waals surface area contributed by atoms with Crippen LogP contribution in [-0.2, 0) is 14.3 Å². The zero-order valence-corrected chi connectivity index (χ0v) is 15.4. The molecule has 7 nitrogen and oxygen atoms in total. The van der Waals surface area contributed by atoms with Crippen molar-refractivity contribution in [2.24, 2.45) is 0 Å². The van der Waals surface area contributed by atoms with E-state index in [4.69, 9.17) is 4.74 Å². The number of carbonyl (C=O) groups is 3. The second kappa shape index (κ2) is 6.97. The van der Waals surface area contributed by atoms with Gasteiger partial charge in [-0.1, -0.05) is 6.07 Å². The molecule has 2 aliphatic heterocycles. The lowest BCUT2D eigenvalue weighted by Gasteiger charge is -2.40. The van der Waals surface area contributed by atoms with Crippen LogP contribution in [0.25, 0.3) is 0 Å². The summed E-state index contributed by atoms with van der Waals surface area (Å²) in [6.45, 7) is 6.04. The van der Waals surface area contributed by atoms with Gasteiger partial charge in [-0.3, -0.25) is 9.59 Å². The van der Waals surface area contributed by atoms with E-state index < -0.39 is 17.7 Å². The van der Waals surface area contributed by atoms with E-state index in [2.05, 4.69) is 10.6 Å². The molecule has 0 aromatic heterocycles. The van der Waals surface area contributed by atoms with Gasteiger partial charge in [0, 0.05) is 25.1 Å². The number of hydrogen-bond donors (Lipinski definition) is 2. The number of nitrogens with one attached hydrogen (secondary N) is 2. The van der Waals surface area contributed by atoms with E-state index in [1.54, 1.807) is 24.8 Å². The van der Waals surface area contributed by atoms with Crippen LogP contribution in [0.15, 0.2) is 18.2 Å². The fraction of sp³-hybridized carbons (Fsp3) is 0.526. The molecule has 0 saturated carbocycles. The number of aryl methyl sites for hydroxylation is 1. The van der Waals surface area contributed by atoms with Gasteiger partial charge in [0.2, 0.25) is 5.91 Å². The van der Waals surface area contributed by atoms with Crippen molar-refractivity contribution in [3.8, 4) is 0 Å². The average Bonchev–Trinajstić information content (AvgIpc) is 2.74. The van der Waals surface area contributed by atoms with Crippen molar-refractivity contribution >= 4 is 23.5 Å². The molecule has 2 heterocycles. The van der Waals surface area contributed by atoms with Crippen LogP contribution in [0.3, 0.4) is 0 Å². The number of hydrogen-bond acceptors (Lipinski definition) is 5. The zero-order chi connectivity index (χ0) is 18.9. The molecule has 26 heavy (non-hydrogen) atoms. The molecule has 0 bridgehead atoms. The number of amides is 2. The Hall–Kier alpha value is -2.57. The number of carbonyl (C=O) groups excluding carboxylic acids is 3. The fourth-order valence-corrected chi connectivity index (χ4v) is 3.61. The van der Waals surface area contributed by atoms with Crippen LogP contribution in [0.5, 0.6) is 0 Å². The van der Waals surface area contributed by atoms with Crippen LogP contribution < -0.4 is 10.6 Å². The molecule has 3 rings (SSSR count). The number of esters is 1. The Labute approximate surface area is 153 Å². The molecule has 2 amide bonds. The van der Waals surface area contributed by atoms with E-state index in [1.807, 2.05) is 19.1 Å². The normalized spacial score (nSPS) is 23.6. The predicted molar refractivity (Wildman–Crippen MR) is 96.7 cm³/mol. The van der Waals surface area contributed by atoms with Gasteiger partial charge in [-0.25, -0.2) is 4.79 Å². The molecule has 0 aliphatic carbocycles. The van der Waals surface area contributed by atoms with Crippen LogP contribution in [0.1, 0.15) is 49.0 Å². The van der Waals surface area contributed by atoms with E-state index in [1.165, 1.54) is 0 Å². The van der Waals surface area contributed by atoms with Crippen molar-refractivity contribution < 1.29 is 19.1 Å². The minimum Gasteiger partial charge on any atom is -0.464 e. The third-order valence-electron chi connectivity index (χ3n) is 5.11. The van der Waals surface area contributed by atoms with Crippen molar-refractivity contribution in [2.75, 3.05) is 18.5 Å². The van der Waals surface area contributed by atoms with Gasteiger partial charge in [-0.15, -0.1) is 0 Å². The van der Waals surface area contributed by atoms with Crippen molar-refractivity contribution in [2.45, 2.75) is 51.7 Å². The molecule has 140 valence electrons. The average molecular weight is 359 g/mol. The van der Waals surface area contributed by atoms with Gasteiger partial charge >= 0.3 is 5.97 Å². The molecule has 2 N–H and O–H groups in total. The minimum atomic E-state index is -0.684. The van der Waals surface area contributed by atoms with Gasteiger partial charge in [0.15, 0.2) is 0 Å². The second-order valence-corrected chi connectivity index (χ2v) is 6.98. The highest BCUT2D eigenvalue weighted by Crippen LogP contribution is 2.32. The van der Waals surface area contributed by atoms with Crippen LogP contribution in [0.2, 0.25) is 0 Å². The van der Waals surface area contributed by atoms with Gasteiger partial charge in [-0.2, -0.15) is 0 Å². The summed E-state index contributed by atoms with van der Waals surface area (Å²) >= 11 is 0. The highest BCUT2D eigenvalue weighted by molar-refractivity contribution is 6.02. The van der Waals surface area contributed by atoms with Crippen LogP contribution >= 0.6 is 0 Å². The molecule has 2 atom stereocenters. The van der Waals surface area contributed by atoms with E-state index in [0.717, 1.165) is 11.3 Å². The molecule has 1 saturated heterocycles. The largest absolute Gasteiger partial charge is 0.464 e. The molecule has 1 aromatic rings. The third-order valence-corrected chi connectivity index (χ3v) is 5.11. The Kier molecular flexibility index (Phi) is 4.89. The van der Waals surface area contributed by atoms with Gasteiger partial charge in [0.05, 0.1) is 12.2 Å². The maximum Gasteiger partial charge on any atom is 0.328 e. The number of rotatable bonds is 3. The van der Waals surface area contributed by atoms with Crippen molar-refractivity contribution in [3.63, 3.8) is 0 Å². The summed E-state index contributed by atoms with van der Waals surface area (Å²) in [5.74, 6) is -0.648. The highest BCUT2D eigenvalue weighted by atomic mass is 16.5. The van der Waals surface area contributed by atoms with E-state index in [-0.39, 0.29) is 24.8 Å². The Morgan fingerprint density at radius 3 is 2.81 bits per heavy atom. The summed E-state index contributed by atoms with van der Waals surface area (Å²) in [5.41, 5.74) is 1.77. The van der Waals surface area contributed by atoms with Crippen molar-refractivity contribution in [3.05, 3.63) is 29.3 Å². The number of ether oxygens (including phenoxy) is 1. The first-order valence-electron chi connectivity index (χ1n) is 9.03. The number of anilines is 1. The molecule has 2 aliphatic rings. The summed E-state index contributed by atoms with van der Waals surface area (Å²) in [5, 5.41) is 6.47. The lowest BCUT2D eigenvalue weighted by Crippen LogP contribution is -2.58. The second-order valence-electron chi connectivity index (χ2n) is 6.98. The molecule has 1 spiro atoms. The van der Waals surface area contributed by atoms with Gasteiger partial charge in [0.1, 0.15) is 11.7 Å². The maximum absolute atomic E-state index is 12.5. The summed E-state index contributed by atoms with van der Waals surface area (Å²) in [7, 11) is 0. The van der Waals surface area contributed by atoms with Gasteiger partial charge < -0.3 is 20.3 Å². The Balaban J connectivity index is 1.80. The molecular formula is C19H25N3O4. The quantitative estimate of drug-likeness (QED) is 0.804. The Bertz CT molecular complexity index is 748. The van der Waals surface area contributed by atoms with Crippen molar-refractivity contribution in [1.29, 1.82) is 0 Å². The molecule has 1 aromatic carbocycles. The fourth-order valence-electron chi connectivity index (χ4n) is 3.61. The van der Waals surface area contributed by atoms with Gasteiger partial charge in [0.25, 0.3) is 5.91 Å². The Morgan fingerprint density at radius 2 is 2.08 bits per heavy atom. The number of nitrogens with zero attached hydrogens (tertiary/aromatic N) is 1. The zero-order valence-electron chi connectivity index (χ0n) is 15.4. The molecular weight excluding hydrogens is 334 g/mol. The first kappa shape index (κ1) is 18.2. The molecule has 0 radical (unpaired) electrons. The number of benzene rings is 1. The third kappa shape index (κ3) is 3.38. The molecule has 1 fully saturated rings. The van der Waals surface area contributed by atoms with Crippen LogP contribution in [-0.4, -0.2) is 47.5 Å². The van der Waals surface area contributed by atoms with Crippen LogP contribution in [0, 0.1) is 6.92 Å². The van der Waals surface area contributed by atoms with E-state index in [9.17, 15) is 14.4 Å². The Morgan fingerprint density at radius 1 is 1.31 bits per heavy atom. The minimum absolute atomic E-state index is 0.103. The van der Waals surface area contributed by atoms with E-state index >= 15 is 0 Å². The predicted octanol–water partition coefficient (Wildman–Crippen LogP) is 1.81. The van der Waals surface area contributed by atoms with Gasteiger partial charge in [-0.05, 0) is 44.9 Å². The molecule has 7 heteroatoms. The topological polar surface area (TPSA) is 87.7 Å². The lowest BCUT2D eigenvalue weighted by molar-refractivity contribution is -0.153. The van der Waals surface area contributed by atoms with Crippen LogP contribution in [0.4, 0.5) is 5.69 Å². The number of fused-ring (bicyclic) bond motifs is 1. The number of likely N-dealkylation sites (tertiary alicyclic amines) is 1. The standard InChI is InChI=1S/C19H25N3O4/c1-4-26-18(25)13(3)22-10-9-19(8-7-16(22)23)20-15-11-12(2)5-6-14(15)17(24)21-19/h5-6,11,13,20H,4,7-10H2,1-3H3,(H,21,24)/t13-,19+/m0/s1. The lowest BCUT2D eigenvalue weighted by atomic mass is 9.94. The smallest absolute Gasteiger partial charge is 0.328 e. The molecule has 0 unspecified atom stereocenters. The maximum atomic E-state index is 12.5. The summed E-state index contributed by atoms with van der Waals surface area (Å²) in [6, 6.07) is 5.02. The first-order chi connectivity index (χ1) is 12.3. The highest BCUT2D eigenvalue weighted by Gasteiger charge is 2.42. The monoisotopic (exact) mass is 359 g/mol. The summed E-state index contributed by atoms with van der Waals surface area (Å²) in [4.78, 5) is 38.7. The summed E-state index contributed by atoms with van der Waals surface area (Å²) in [6.07, 6.45) is 1.23. The first-order valence-corrected chi connectivity index (χ1v) is 9.03. The van der Waals surface area contributed by atoms with E-state index in [0.29, 0.717) is 24.9 Å². The summed E-state index contributed by atoms with van der Waals surface area (Å²) < 4.78 is 5.04. The van der Waals surface area contributed by atoms with Crippen molar-refractivity contribution in [1.82, 2.24) is 10.2 Å².